The van der Waals surface area contributed by atoms with E-state index in [4.69, 9.17) is 16.3 Å². The molecule has 0 saturated carbocycles. The summed E-state index contributed by atoms with van der Waals surface area (Å²) in [6.45, 7) is 6.08. The standard InChI is InChI=1S/C27H25ClN2O3/c1-16(2)18-9-12-20(13-10-18)30-26(31)24(21-7-5-6-8-23(21)33-4)25(27(30)32)29-22-14-11-19(28)15-17(22)3/h5-16,29H,1-4H3. The molecule has 0 atom stereocenters. The van der Waals surface area contributed by atoms with Crippen LogP contribution in [0.5, 0.6) is 5.75 Å². The number of anilines is 2. The molecule has 3 aromatic carbocycles. The highest BCUT2D eigenvalue weighted by molar-refractivity contribution is 6.46. The predicted molar refractivity (Wildman–Crippen MR) is 133 cm³/mol. The average Bonchev–Trinajstić information content (AvgIpc) is 3.04. The molecule has 0 saturated heterocycles. The van der Waals surface area contributed by atoms with Crippen LogP contribution in [0.2, 0.25) is 5.02 Å². The van der Waals surface area contributed by atoms with E-state index in [1.165, 1.54) is 4.90 Å². The Bertz CT molecular complexity index is 1260. The summed E-state index contributed by atoms with van der Waals surface area (Å²) >= 11 is 6.10. The highest BCUT2D eigenvalue weighted by Gasteiger charge is 2.41. The van der Waals surface area contributed by atoms with E-state index in [9.17, 15) is 9.59 Å². The minimum atomic E-state index is -0.424. The monoisotopic (exact) mass is 460 g/mol. The number of halogens is 1. The van der Waals surface area contributed by atoms with Gasteiger partial charge in [-0.15, -0.1) is 0 Å². The number of nitrogens with one attached hydrogen (secondary N) is 1. The second-order valence-corrected chi connectivity index (χ2v) is 8.66. The first-order chi connectivity index (χ1) is 15.8. The van der Waals surface area contributed by atoms with Gasteiger partial charge < -0.3 is 10.1 Å². The zero-order valence-electron chi connectivity index (χ0n) is 19.0. The van der Waals surface area contributed by atoms with E-state index in [2.05, 4.69) is 19.2 Å². The number of carbonyl (C=O) groups excluding carboxylic acids is 2. The number of para-hydroxylation sites is 1. The van der Waals surface area contributed by atoms with E-state index in [1.54, 1.807) is 37.4 Å². The molecule has 4 rings (SSSR count). The van der Waals surface area contributed by atoms with Gasteiger partial charge in [0.2, 0.25) is 0 Å². The molecule has 3 aromatic rings. The number of methoxy groups -OCH3 is 1. The molecule has 168 valence electrons. The van der Waals surface area contributed by atoms with Crippen LogP contribution in [0.25, 0.3) is 5.57 Å². The Balaban J connectivity index is 1.84. The van der Waals surface area contributed by atoms with Gasteiger partial charge in [0, 0.05) is 16.3 Å². The van der Waals surface area contributed by atoms with Gasteiger partial charge in [-0.25, -0.2) is 4.90 Å². The topological polar surface area (TPSA) is 58.6 Å². The number of carbonyl (C=O) groups is 2. The number of amides is 2. The summed E-state index contributed by atoms with van der Waals surface area (Å²) in [5.41, 5.74) is 4.21. The molecule has 0 spiro atoms. The van der Waals surface area contributed by atoms with Crippen LogP contribution >= 0.6 is 11.6 Å². The highest BCUT2D eigenvalue weighted by Crippen LogP contribution is 2.38. The first-order valence-corrected chi connectivity index (χ1v) is 11.1. The summed E-state index contributed by atoms with van der Waals surface area (Å²) in [6.07, 6.45) is 0. The van der Waals surface area contributed by atoms with E-state index >= 15 is 0 Å². The fourth-order valence-corrected chi connectivity index (χ4v) is 4.12. The Morgan fingerprint density at radius 2 is 1.64 bits per heavy atom. The molecule has 1 N–H and O–H groups in total. The van der Waals surface area contributed by atoms with Gasteiger partial charge >= 0.3 is 0 Å². The maximum Gasteiger partial charge on any atom is 0.282 e. The third kappa shape index (κ3) is 4.24. The maximum atomic E-state index is 13.7. The number of aryl methyl sites for hydroxylation is 1. The Morgan fingerprint density at radius 3 is 2.27 bits per heavy atom. The molecule has 0 aromatic heterocycles. The molecule has 0 radical (unpaired) electrons. The van der Waals surface area contributed by atoms with Crippen LogP contribution in [-0.4, -0.2) is 18.9 Å². The summed E-state index contributed by atoms with van der Waals surface area (Å²) in [7, 11) is 1.54. The van der Waals surface area contributed by atoms with Crippen molar-refractivity contribution in [3.8, 4) is 5.75 Å². The number of imide groups is 1. The van der Waals surface area contributed by atoms with Gasteiger partial charge in [-0.1, -0.05) is 55.8 Å². The molecule has 33 heavy (non-hydrogen) atoms. The lowest BCUT2D eigenvalue weighted by molar-refractivity contribution is -0.120. The van der Waals surface area contributed by atoms with Crippen molar-refractivity contribution < 1.29 is 14.3 Å². The van der Waals surface area contributed by atoms with Crippen LogP contribution in [0.4, 0.5) is 11.4 Å². The normalized spacial score (nSPS) is 13.8. The molecule has 0 unspecified atom stereocenters. The van der Waals surface area contributed by atoms with Crippen LogP contribution in [-0.2, 0) is 9.59 Å². The number of hydrogen-bond acceptors (Lipinski definition) is 4. The maximum absolute atomic E-state index is 13.7. The van der Waals surface area contributed by atoms with Gasteiger partial charge in [-0.05, 0) is 60.4 Å². The zero-order valence-corrected chi connectivity index (χ0v) is 19.7. The van der Waals surface area contributed by atoms with Crippen molar-refractivity contribution in [2.45, 2.75) is 26.7 Å². The summed E-state index contributed by atoms with van der Waals surface area (Å²) in [6, 6.07) is 20.0. The average molecular weight is 461 g/mol. The third-order valence-corrected chi connectivity index (χ3v) is 5.96. The van der Waals surface area contributed by atoms with Crippen LogP contribution in [0.1, 0.15) is 36.5 Å². The Kier molecular flexibility index (Phi) is 6.25. The number of benzene rings is 3. The van der Waals surface area contributed by atoms with E-state index < -0.39 is 11.8 Å². The molecule has 2 amide bonds. The van der Waals surface area contributed by atoms with Gasteiger partial charge in [-0.2, -0.15) is 0 Å². The van der Waals surface area contributed by atoms with Crippen molar-refractivity contribution >= 4 is 40.4 Å². The van der Waals surface area contributed by atoms with Gasteiger partial charge in [0.1, 0.15) is 11.4 Å². The largest absolute Gasteiger partial charge is 0.496 e. The molecular weight excluding hydrogens is 436 g/mol. The van der Waals surface area contributed by atoms with Crippen molar-refractivity contribution in [2.75, 3.05) is 17.3 Å². The molecule has 1 aliphatic rings. The minimum absolute atomic E-state index is 0.197. The second-order valence-electron chi connectivity index (χ2n) is 8.23. The van der Waals surface area contributed by atoms with Crippen LogP contribution < -0.4 is 15.0 Å². The van der Waals surface area contributed by atoms with E-state index in [0.29, 0.717) is 33.6 Å². The van der Waals surface area contributed by atoms with Gasteiger partial charge in [-0.3, -0.25) is 9.59 Å². The fraction of sp³-hybridized carbons (Fsp3) is 0.185. The van der Waals surface area contributed by atoms with Crippen molar-refractivity contribution in [1.82, 2.24) is 0 Å². The highest BCUT2D eigenvalue weighted by atomic mass is 35.5. The Labute approximate surface area is 198 Å². The van der Waals surface area contributed by atoms with Crippen molar-refractivity contribution in [2.24, 2.45) is 0 Å². The summed E-state index contributed by atoms with van der Waals surface area (Å²) in [5, 5.41) is 3.79. The van der Waals surface area contributed by atoms with Crippen LogP contribution in [0, 0.1) is 6.92 Å². The number of hydrogen-bond donors (Lipinski definition) is 1. The summed E-state index contributed by atoms with van der Waals surface area (Å²) in [4.78, 5) is 28.5. The van der Waals surface area contributed by atoms with Gasteiger partial charge in [0.05, 0.1) is 18.4 Å². The zero-order chi connectivity index (χ0) is 23.7. The van der Waals surface area contributed by atoms with Crippen molar-refractivity contribution in [3.63, 3.8) is 0 Å². The summed E-state index contributed by atoms with van der Waals surface area (Å²) in [5.74, 6) is 0.0256. The first-order valence-electron chi connectivity index (χ1n) is 10.7. The fourth-order valence-electron chi connectivity index (χ4n) is 3.89. The van der Waals surface area contributed by atoms with E-state index in [0.717, 1.165) is 11.1 Å². The lowest BCUT2D eigenvalue weighted by Gasteiger charge is -2.17. The summed E-state index contributed by atoms with van der Waals surface area (Å²) < 4.78 is 5.50. The molecule has 0 fully saturated rings. The minimum Gasteiger partial charge on any atom is -0.496 e. The molecule has 6 heteroatoms. The van der Waals surface area contributed by atoms with E-state index in [-0.39, 0.29) is 11.3 Å². The molecule has 0 aliphatic carbocycles. The number of ether oxygens (including phenoxy) is 1. The van der Waals surface area contributed by atoms with Gasteiger partial charge in [0.25, 0.3) is 11.8 Å². The Morgan fingerprint density at radius 1 is 0.939 bits per heavy atom. The van der Waals surface area contributed by atoms with E-state index in [1.807, 2.05) is 43.3 Å². The number of nitrogens with zero attached hydrogens (tertiary/aromatic N) is 1. The Hall–Kier alpha value is -3.57. The molecule has 5 nitrogen and oxygen atoms in total. The van der Waals surface area contributed by atoms with Crippen molar-refractivity contribution in [3.05, 3.63) is 94.1 Å². The van der Waals surface area contributed by atoms with Crippen LogP contribution in [0.15, 0.2) is 72.4 Å². The number of rotatable bonds is 6. The molecule has 1 aliphatic heterocycles. The molecule has 1 heterocycles. The quantitative estimate of drug-likeness (QED) is 0.446. The first kappa shape index (κ1) is 22.6. The lowest BCUT2D eigenvalue weighted by Crippen LogP contribution is -2.32. The SMILES string of the molecule is COc1ccccc1C1=C(Nc2ccc(Cl)cc2C)C(=O)N(c2ccc(C(C)C)cc2)C1=O. The third-order valence-electron chi connectivity index (χ3n) is 5.73. The lowest BCUT2D eigenvalue weighted by atomic mass is 10.0. The van der Waals surface area contributed by atoms with Gasteiger partial charge in [0.15, 0.2) is 0 Å². The predicted octanol–water partition coefficient (Wildman–Crippen LogP) is 6.18. The second kappa shape index (κ2) is 9.12. The smallest absolute Gasteiger partial charge is 0.282 e. The molecule has 0 bridgehead atoms. The van der Waals surface area contributed by atoms with Crippen molar-refractivity contribution in [1.29, 1.82) is 0 Å². The molecular formula is C27H25ClN2O3. The van der Waals surface area contributed by atoms with Crippen LogP contribution in [0.3, 0.4) is 0 Å².